The highest BCUT2D eigenvalue weighted by Gasteiger charge is 2.15. The third-order valence-electron chi connectivity index (χ3n) is 4.45. The molecule has 2 heterocycles. The van der Waals surface area contributed by atoms with E-state index in [1.54, 1.807) is 4.57 Å². The Bertz CT molecular complexity index is 1150. The summed E-state index contributed by atoms with van der Waals surface area (Å²) >= 11 is 0. The summed E-state index contributed by atoms with van der Waals surface area (Å²) in [5, 5.41) is 21.8. The summed E-state index contributed by atoms with van der Waals surface area (Å²) in [5.74, 6) is 1.25. The quantitative estimate of drug-likeness (QED) is 0.577. The van der Waals surface area contributed by atoms with Crippen molar-refractivity contribution >= 4 is 22.4 Å². The number of hydrogen-bond donors (Lipinski definition) is 2. The molecule has 132 valence electrons. The second-order valence-electron chi connectivity index (χ2n) is 6.03. The molecular formula is C19H19N5O2. The molecule has 2 aromatic heterocycles. The Balaban J connectivity index is 1.81. The minimum atomic E-state index is -0.0573. The summed E-state index contributed by atoms with van der Waals surface area (Å²) in [6, 6.07) is 15.1. The van der Waals surface area contributed by atoms with Gasteiger partial charge in [-0.2, -0.15) is 0 Å². The highest BCUT2D eigenvalue weighted by Crippen LogP contribution is 2.16. The van der Waals surface area contributed by atoms with Gasteiger partial charge in [-0.15, -0.1) is 10.2 Å². The predicted octanol–water partition coefficient (Wildman–Crippen LogP) is 2.17. The van der Waals surface area contributed by atoms with E-state index in [1.165, 1.54) is 0 Å². The fourth-order valence-corrected chi connectivity index (χ4v) is 3.17. The maximum Gasteiger partial charge on any atom is 0.262 e. The summed E-state index contributed by atoms with van der Waals surface area (Å²) < 4.78 is 3.55. The van der Waals surface area contributed by atoms with Crippen LogP contribution >= 0.6 is 0 Å². The van der Waals surface area contributed by atoms with Crippen LogP contribution in [0.5, 0.6) is 0 Å². The van der Waals surface area contributed by atoms with E-state index in [0.29, 0.717) is 30.1 Å². The van der Waals surface area contributed by atoms with Crippen LogP contribution in [0.15, 0.2) is 53.3 Å². The number of benzene rings is 2. The molecule has 0 saturated heterocycles. The first-order valence-corrected chi connectivity index (χ1v) is 8.52. The van der Waals surface area contributed by atoms with Crippen LogP contribution in [0.4, 0.5) is 5.69 Å². The number of hydrogen-bond acceptors (Lipinski definition) is 5. The fraction of sp³-hybridized carbons (Fsp3) is 0.211. The number of aliphatic hydroxyl groups excluding tert-OH is 1. The van der Waals surface area contributed by atoms with E-state index in [9.17, 15) is 9.90 Å². The van der Waals surface area contributed by atoms with E-state index in [-0.39, 0.29) is 12.2 Å². The largest absolute Gasteiger partial charge is 0.392 e. The Kier molecular flexibility index (Phi) is 4.14. The Morgan fingerprint density at radius 1 is 1.12 bits per heavy atom. The number of aryl methyl sites for hydroxylation is 1. The molecule has 0 fully saturated rings. The average Bonchev–Trinajstić information content (AvgIpc) is 3.11. The molecule has 0 aliphatic carbocycles. The number of aliphatic hydroxyl groups is 1. The monoisotopic (exact) mass is 349 g/mol. The summed E-state index contributed by atoms with van der Waals surface area (Å²) in [7, 11) is 0. The topological polar surface area (TPSA) is 84.5 Å². The van der Waals surface area contributed by atoms with Crippen molar-refractivity contribution in [1.82, 2.24) is 19.2 Å². The molecule has 2 aromatic carbocycles. The SMILES string of the molecule is CCn1c(=O)c2ccccc2n2c(CNc3cccc(CO)c3)nnc12. The molecule has 4 rings (SSSR count). The maximum absolute atomic E-state index is 12.7. The third-order valence-corrected chi connectivity index (χ3v) is 4.45. The van der Waals surface area contributed by atoms with Crippen molar-refractivity contribution in [2.75, 3.05) is 5.32 Å². The van der Waals surface area contributed by atoms with Gasteiger partial charge in [0.15, 0.2) is 5.82 Å². The molecule has 26 heavy (non-hydrogen) atoms. The predicted molar refractivity (Wildman–Crippen MR) is 100 cm³/mol. The van der Waals surface area contributed by atoms with Crippen molar-refractivity contribution in [3.8, 4) is 0 Å². The van der Waals surface area contributed by atoms with Crippen LogP contribution in [0, 0.1) is 0 Å². The van der Waals surface area contributed by atoms with Crippen LogP contribution in [0.1, 0.15) is 18.3 Å². The molecule has 0 radical (unpaired) electrons. The minimum Gasteiger partial charge on any atom is -0.392 e. The van der Waals surface area contributed by atoms with E-state index in [4.69, 9.17) is 0 Å². The van der Waals surface area contributed by atoms with Gasteiger partial charge < -0.3 is 10.4 Å². The van der Waals surface area contributed by atoms with Gasteiger partial charge >= 0.3 is 0 Å². The molecule has 2 N–H and O–H groups in total. The Hall–Kier alpha value is -3.19. The molecule has 0 atom stereocenters. The number of anilines is 1. The molecule has 4 aromatic rings. The van der Waals surface area contributed by atoms with Crippen LogP contribution in [0.25, 0.3) is 16.7 Å². The molecule has 0 aliphatic rings. The van der Waals surface area contributed by atoms with E-state index in [1.807, 2.05) is 59.9 Å². The Morgan fingerprint density at radius 3 is 2.77 bits per heavy atom. The smallest absolute Gasteiger partial charge is 0.262 e. The van der Waals surface area contributed by atoms with Crippen molar-refractivity contribution in [3.63, 3.8) is 0 Å². The number of para-hydroxylation sites is 1. The molecule has 0 aliphatic heterocycles. The normalized spacial score (nSPS) is 11.3. The summed E-state index contributed by atoms with van der Waals surface area (Å²) in [4.78, 5) is 12.7. The standard InChI is InChI=1S/C19H19N5O2/c1-2-23-18(26)15-8-3-4-9-16(15)24-17(21-22-19(23)24)11-20-14-7-5-6-13(10-14)12-25/h3-10,20,25H,2,11-12H2,1H3. The first-order valence-electron chi connectivity index (χ1n) is 8.52. The van der Waals surface area contributed by atoms with Gasteiger partial charge in [-0.1, -0.05) is 24.3 Å². The summed E-state index contributed by atoms with van der Waals surface area (Å²) in [6.07, 6.45) is 0. The number of nitrogens with one attached hydrogen (secondary N) is 1. The molecule has 0 spiro atoms. The van der Waals surface area contributed by atoms with Crippen molar-refractivity contribution < 1.29 is 5.11 Å². The van der Waals surface area contributed by atoms with Crippen LogP contribution in [-0.2, 0) is 19.7 Å². The van der Waals surface area contributed by atoms with E-state index in [2.05, 4.69) is 15.5 Å². The number of rotatable bonds is 5. The van der Waals surface area contributed by atoms with E-state index >= 15 is 0 Å². The lowest BCUT2D eigenvalue weighted by Gasteiger charge is -2.10. The molecule has 0 saturated carbocycles. The van der Waals surface area contributed by atoms with Crippen molar-refractivity contribution in [3.05, 3.63) is 70.3 Å². The summed E-state index contributed by atoms with van der Waals surface area (Å²) in [5.41, 5.74) is 2.47. The average molecular weight is 349 g/mol. The van der Waals surface area contributed by atoms with Gasteiger partial charge in [0.2, 0.25) is 5.78 Å². The highest BCUT2D eigenvalue weighted by atomic mass is 16.3. The molecule has 7 nitrogen and oxygen atoms in total. The van der Waals surface area contributed by atoms with Gasteiger partial charge in [0, 0.05) is 12.2 Å². The van der Waals surface area contributed by atoms with Gasteiger partial charge in [-0.05, 0) is 36.8 Å². The first kappa shape index (κ1) is 16.3. The molecule has 0 amide bonds. The molecule has 0 unspecified atom stereocenters. The fourth-order valence-electron chi connectivity index (χ4n) is 3.17. The molecular weight excluding hydrogens is 330 g/mol. The van der Waals surface area contributed by atoms with Crippen LogP contribution < -0.4 is 10.9 Å². The number of fused-ring (bicyclic) bond motifs is 3. The summed E-state index contributed by atoms with van der Waals surface area (Å²) in [6.45, 7) is 2.89. The highest BCUT2D eigenvalue weighted by molar-refractivity contribution is 5.80. The Labute approximate surface area is 149 Å². The van der Waals surface area contributed by atoms with E-state index in [0.717, 1.165) is 16.8 Å². The minimum absolute atomic E-state index is 0.00318. The van der Waals surface area contributed by atoms with Gasteiger partial charge in [-0.25, -0.2) is 0 Å². The van der Waals surface area contributed by atoms with Crippen LogP contribution in [0.2, 0.25) is 0 Å². The maximum atomic E-state index is 12.7. The van der Waals surface area contributed by atoms with Gasteiger partial charge in [0.25, 0.3) is 5.56 Å². The second kappa shape index (κ2) is 6.61. The molecule has 7 heteroatoms. The zero-order valence-electron chi connectivity index (χ0n) is 14.4. The lowest BCUT2D eigenvalue weighted by atomic mass is 10.2. The van der Waals surface area contributed by atoms with Crippen molar-refractivity contribution in [2.24, 2.45) is 0 Å². The zero-order valence-corrected chi connectivity index (χ0v) is 14.4. The number of nitrogens with zero attached hydrogens (tertiary/aromatic N) is 4. The number of aromatic nitrogens is 4. The van der Waals surface area contributed by atoms with Crippen molar-refractivity contribution in [1.29, 1.82) is 0 Å². The lowest BCUT2D eigenvalue weighted by Crippen LogP contribution is -2.22. The first-order chi connectivity index (χ1) is 12.7. The molecule has 0 bridgehead atoms. The second-order valence-corrected chi connectivity index (χ2v) is 6.03. The zero-order chi connectivity index (χ0) is 18.1. The van der Waals surface area contributed by atoms with Crippen LogP contribution in [-0.4, -0.2) is 24.3 Å². The van der Waals surface area contributed by atoms with E-state index < -0.39 is 0 Å². The van der Waals surface area contributed by atoms with Gasteiger partial charge in [0.1, 0.15) is 0 Å². The van der Waals surface area contributed by atoms with Crippen LogP contribution in [0.3, 0.4) is 0 Å². The van der Waals surface area contributed by atoms with Gasteiger partial charge in [-0.3, -0.25) is 13.8 Å². The van der Waals surface area contributed by atoms with Gasteiger partial charge in [0.05, 0.1) is 24.1 Å². The lowest BCUT2D eigenvalue weighted by molar-refractivity contribution is 0.282. The third kappa shape index (κ3) is 2.62. The Morgan fingerprint density at radius 2 is 1.96 bits per heavy atom. The van der Waals surface area contributed by atoms with Crippen molar-refractivity contribution in [2.45, 2.75) is 26.6 Å².